The number of carbonyl (C=O) groups is 2. The van der Waals surface area contributed by atoms with Crippen molar-refractivity contribution in [2.45, 2.75) is 6.54 Å². The molecule has 19 heavy (non-hydrogen) atoms. The lowest BCUT2D eigenvalue weighted by molar-refractivity contribution is 0.0685. The Balaban J connectivity index is 1.97. The van der Waals surface area contributed by atoms with Crippen LogP contribution in [0.15, 0.2) is 41.0 Å². The maximum absolute atomic E-state index is 10.7. The van der Waals surface area contributed by atoms with E-state index in [1.54, 1.807) is 12.1 Å². The van der Waals surface area contributed by atoms with E-state index in [9.17, 15) is 9.59 Å². The number of rotatable bonds is 5. The van der Waals surface area contributed by atoms with Gasteiger partial charge in [0.2, 0.25) is 0 Å². The number of hydrogen-bond donors (Lipinski definition) is 3. The fraction of sp³-hybridized carbons (Fsp3) is 0.0769. The number of furan rings is 1. The van der Waals surface area contributed by atoms with Gasteiger partial charge in [0.1, 0.15) is 12.0 Å². The van der Waals surface area contributed by atoms with Gasteiger partial charge in [0.15, 0.2) is 0 Å². The highest BCUT2D eigenvalue weighted by Gasteiger charge is 2.08. The standard InChI is InChI=1S/C13H11NO5/c15-12(16)8-1-3-10(4-2-8)14-6-11-5-9(7-19-11)13(17)18/h1-5,7,14H,6H2,(H,15,16)(H,17,18). The van der Waals surface area contributed by atoms with Crippen LogP contribution in [0.2, 0.25) is 0 Å². The molecule has 0 unspecified atom stereocenters. The fourth-order valence-corrected chi connectivity index (χ4v) is 1.51. The Labute approximate surface area is 108 Å². The molecule has 0 bridgehead atoms. The molecule has 1 aromatic heterocycles. The van der Waals surface area contributed by atoms with Gasteiger partial charge < -0.3 is 19.9 Å². The first kappa shape index (κ1) is 12.7. The van der Waals surface area contributed by atoms with Gasteiger partial charge in [0.05, 0.1) is 17.7 Å². The topological polar surface area (TPSA) is 99.8 Å². The summed E-state index contributed by atoms with van der Waals surface area (Å²) in [4.78, 5) is 21.3. The lowest BCUT2D eigenvalue weighted by Crippen LogP contribution is -2.00. The van der Waals surface area contributed by atoms with Crippen LogP contribution in [0.5, 0.6) is 0 Å². The summed E-state index contributed by atoms with van der Waals surface area (Å²) in [6, 6.07) is 7.65. The Hall–Kier alpha value is -2.76. The van der Waals surface area contributed by atoms with Crippen molar-refractivity contribution in [3.63, 3.8) is 0 Å². The number of carboxylic acid groups (broad SMARTS) is 2. The van der Waals surface area contributed by atoms with E-state index >= 15 is 0 Å². The van der Waals surface area contributed by atoms with Crippen LogP contribution in [0.25, 0.3) is 0 Å². The highest BCUT2D eigenvalue weighted by Crippen LogP contribution is 2.13. The molecule has 0 aliphatic heterocycles. The molecule has 3 N–H and O–H groups in total. The minimum absolute atomic E-state index is 0.0954. The molecule has 2 aromatic rings. The zero-order valence-electron chi connectivity index (χ0n) is 9.79. The van der Waals surface area contributed by atoms with Crippen molar-refractivity contribution < 1.29 is 24.2 Å². The van der Waals surface area contributed by atoms with Gasteiger partial charge in [-0.3, -0.25) is 0 Å². The normalized spacial score (nSPS) is 10.1. The molecular formula is C13H11NO5. The van der Waals surface area contributed by atoms with Gasteiger partial charge in [-0.1, -0.05) is 0 Å². The number of benzene rings is 1. The Morgan fingerprint density at radius 3 is 2.21 bits per heavy atom. The quantitative estimate of drug-likeness (QED) is 0.763. The molecule has 0 aliphatic rings. The lowest BCUT2D eigenvalue weighted by Gasteiger charge is -2.04. The van der Waals surface area contributed by atoms with Crippen molar-refractivity contribution in [2.75, 3.05) is 5.32 Å². The second-order valence-corrected chi connectivity index (χ2v) is 3.84. The first-order valence-corrected chi connectivity index (χ1v) is 5.44. The average Bonchev–Trinajstić information content (AvgIpc) is 2.86. The maximum atomic E-state index is 10.7. The number of hydrogen-bond acceptors (Lipinski definition) is 4. The minimum atomic E-state index is -1.04. The zero-order chi connectivity index (χ0) is 13.8. The van der Waals surface area contributed by atoms with Crippen LogP contribution in [0.4, 0.5) is 5.69 Å². The van der Waals surface area contributed by atoms with Crippen LogP contribution in [-0.2, 0) is 6.54 Å². The van der Waals surface area contributed by atoms with E-state index in [4.69, 9.17) is 14.6 Å². The van der Waals surface area contributed by atoms with E-state index in [1.807, 2.05) is 0 Å². The molecule has 98 valence electrons. The monoisotopic (exact) mass is 261 g/mol. The predicted octanol–water partition coefficient (Wildman–Crippen LogP) is 2.29. The summed E-state index contributed by atoms with van der Waals surface area (Å²) in [5, 5.41) is 20.5. The van der Waals surface area contributed by atoms with E-state index in [0.717, 1.165) is 5.69 Å². The van der Waals surface area contributed by atoms with Gasteiger partial charge in [-0.15, -0.1) is 0 Å². The molecule has 0 radical (unpaired) electrons. The fourth-order valence-electron chi connectivity index (χ4n) is 1.51. The maximum Gasteiger partial charge on any atom is 0.338 e. The van der Waals surface area contributed by atoms with Gasteiger partial charge in [-0.05, 0) is 30.3 Å². The summed E-state index contributed by atoms with van der Waals surface area (Å²) in [5.74, 6) is -1.54. The molecule has 1 heterocycles. The van der Waals surface area contributed by atoms with Crippen molar-refractivity contribution in [1.82, 2.24) is 0 Å². The Bertz CT molecular complexity index is 600. The third-order valence-corrected chi connectivity index (χ3v) is 2.50. The van der Waals surface area contributed by atoms with Crippen LogP contribution in [0.1, 0.15) is 26.5 Å². The molecule has 6 nitrogen and oxygen atoms in total. The number of anilines is 1. The summed E-state index contributed by atoms with van der Waals surface area (Å²) in [6.07, 6.45) is 1.17. The molecule has 6 heteroatoms. The van der Waals surface area contributed by atoms with Crippen LogP contribution in [0.3, 0.4) is 0 Å². The van der Waals surface area contributed by atoms with Crippen molar-refractivity contribution in [3.8, 4) is 0 Å². The number of nitrogens with one attached hydrogen (secondary N) is 1. The molecule has 2 rings (SSSR count). The van der Waals surface area contributed by atoms with Crippen molar-refractivity contribution in [1.29, 1.82) is 0 Å². The van der Waals surface area contributed by atoms with E-state index in [1.165, 1.54) is 24.5 Å². The van der Waals surface area contributed by atoms with Crippen LogP contribution in [-0.4, -0.2) is 22.2 Å². The zero-order valence-corrected chi connectivity index (χ0v) is 9.79. The third kappa shape index (κ3) is 3.12. The SMILES string of the molecule is O=C(O)c1ccc(NCc2cc(C(=O)O)co2)cc1. The Morgan fingerprint density at radius 2 is 1.68 bits per heavy atom. The van der Waals surface area contributed by atoms with Gasteiger partial charge >= 0.3 is 11.9 Å². The van der Waals surface area contributed by atoms with Crippen LogP contribution >= 0.6 is 0 Å². The molecule has 1 aromatic carbocycles. The van der Waals surface area contributed by atoms with Crippen LogP contribution in [0, 0.1) is 0 Å². The van der Waals surface area contributed by atoms with E-state index in [0.29, 0.717) is 12.3 Å². The number of aromatic carboxylic acids is 2. The number of carboxylic acids is 2. The molecule has 0 fully saturated rings. The summed E-state index contributed by atoms with van der Waals surface area (Å²) in [5.41, 5.74) is 1.02. The van der Waals surface area contributed by atoms with E-state index in [-0.39, 0.29) is 11.1 Å². The average molecular weight is 261 g/mol. The van der Waals surface area contributed by atoms with Gasteiger partial charge in [-0.2, -0.15) is 0 Å². The third-order valence-electron chi connectivity index (χ3n) is 2.50. The summed E-state index contributed by atoms with van der Waals surface area (Å²) < 4.78 is 5.07. The minimum Gasteiger partial charge on any atom is -0.478 e. The highest BCUT2D eigenvalue weighted by atomic mass is 16.4. The van der Waals surface area contributed by atoms with Crippen molar-refractivity contribution in [3.05, 3.63) is 53.5 Å². The predicted molar refractivity (Wildman–Crippen MR) is 66.4 cm³/mol. The lowest BCUT2D eigenvalue weighted by atomic mass is 10.2. The molecule has 0 spiro atoms. The van der Waals surface area contributed by atoms with Crippen molar-refractivity contribution >= 4 is 17.6 Å². The molecule has 0 saturated carbocycles. The Morgan fingerprint density at radius 1 is 1.05 bits per heavy atom. The van der Waals surface area contributed by atoms with Gasteiger partial charge in [0, 0.05) is 5.69 Å². The largest absolute Gasteiger partial charge is 0.478 e. The summed E-state index contributed by atoms with van der Waals surface area (Å²) >= 11 is 0. The summed E-state index contributed by atoms with van der Waals surface area (Å²) in [6.45, 7) is 0.319. The van der Waals surface area contributed by atoms with Gasteiger partial charge in [0.25, 0.3) is 0 Å². The smallest absolute Gasteiger partial charge is 0.338 e. The molecular weight excluding hydrogens is 250 g/mol. The second-order valence-electron chi connectivity index (χ2n) is 3.84. The van der Waals surface area contributed by atoms with Crippen molar-refractivity contribution in [2.24, 2.45) is 0 Å². The van der Waals surface area contributed by atoms with Gasteiger partial charge in [-0.25, -0.2) is 9.59 Å². The molecule has 0 aliphatic carbocycles. The molecule has 0 saturated heterocycles. The van der Waals surface area contributed by atoms with E-state index < -0.39 is 11.9 Å². The highest BCUT2D eigenvalue weighted by molar-refractivity contribution is 5.88. The Kier molecular flexibility index (Phi) is 3.51. The summed E-state index contributed by atoms with van der Waals surface area (Å²) in [7, 11) is 0. The molecule has 0 amide bonds. The molecule has 0 atom stereocenters. The first-order chi connectivity index (χ1) is 9.06. The first-order valence-electron chi connectivity index (χ1n) is 5.44. The second kappa shape index (κ2) is 5.26. The van der Waals surface area contributed by atoms with E-state index in [2.05, 4.69) is 5.32 Å². The van der Waals surface area contributed by atoms with Crippen LogP contribution < -0.4 is 5.32 Å².